The van der Waals surface area contributed by atoms with Gasteiger partial charge in [0.15, 0.2) is 0 Å². The van der Waals surface area contributed by atoms with Crippen LogP contribution in [0.25, 0.3) is 0 Å². The largest absolute Gasteiger partial charge is 0.450 e. The SMILES string of the molecule is CCOC(=O)N1CCC(NCc2cncc(F)c2)CC1. The molecule has 0 atom stereocenters. The van der Waals surface area contributed by atoms with Crippen LogP contribution in [0.2, 0.25) is 0 Å². The fourth-order valence-corrected chi connectivity index (χ4v) is 2.30. The molecule has 0 bridgehead atoms. The highest BCUT2D eigenvalue weighted by molar-refractivity contribution is 5.67. The topological polar surface area (TPSA) is 54.5 Å². The van der Waals surface area contributed by atoms with Gasteiger partial charge in [0.1, 0.15) is 5.82 Å². The summed E-state index contributed by atoms with van der Waals surface area (Å²) in [4.78, 5) is 17.1. The summed E-state index contributed by atoms with van der Waals surface area (Å²) >= 11 is 0. The van der Waals surface area contributed by atoms with E-state index in [1.807, 2.05) is 0 Å². The van der Waals surface area contributed by atoms with E-state index in [0.717, 1.165) is 18.4 Å². The summed E-state index contributed by atoms with van der Waals surface area (Å²) in [6.45, 7) is 4.19. The number of amides is 1. The van der Waals surface area contributed by atoms with Gasteiger partial charge in [0, 0.05) is 31.9 Å². The van der Waals surface area contributed by atoms with Gasteiger partial charge in [0.05, 0.1) is 12.8 Å². The van der Waals surface area contributed by atoms with Crippen LogP contribution in [0.5, 0.6) is 0 Å². The van der Waals surface area contributed by atoms with Gasteiger partial charge in [0.25, 0.3) is 0 Å². The van der Waals surface area contributed by atoms with Crippen molar-refractivity contribution in [3.8, 4) is 0 Å². The molecule has 1 saturated heterocycles. The maximum absolute atomic E-state index is 13.0. The molecule has 6 heteroatoms. The quantitative estimate of drug-likeness (QED) is 0.916. The first-order chi connectivity index (χ1) is 9.69. The molecular formula is C14H20FN3O2. The molecule has 0 radical (unpaired) electrons. The fraction of sp³-hybridized carbons (Fsp3) is 0.571. The number of hydrogen-bond donors (Lipinski definition) is 1. The summed E-state index contributed by atoms with van der Waals surface area (Å²) in [5.41, 5.74) is 0.831. The molecule has 1 fully saturated rings. The maximum Gasteiger partial charge on any atom is 0.409 e. The second-order valence-corrected chi connectivity index (χ2v) is 4.85. The van der Waals surface area contributed by atoms with Crippen LogP contribution in [-0.4, -0.2) is 41.7 Å². The molecule has 1 aromatic heterocycles. The Balaban J connectivity index is 1.73. The monoisotopic (exact) mass is 281 g/mol. The van der Waals surface area contributed by atoms with Crippen molar-refractivity contribution in [3.63, 3.8) is 0 Å². The van der Waals surface area contributed by atoms with Crippen molar-refractivity contribution < 1.29 is 13.9 Å². The van der Waals surface area contributed by atoms with Crippen molar-refractivity contribution in [2.75, 3.05) is 19.7 Å². The van der Waals surface area contributed by atoms with Gasteiger partial charge in [-0.25, -0.2) is 9.18 Å². The van der Waals surface area contributed by atoms with Crippen LogP contribution in [-0.2, 0) is 11.3 Å². The third-order valence-corrected chi connectivity index (χ3v) is 3.38. The Morgan fingerprint density at radius 2 is 2.25 bits per heavy atom. The lowest BCUT2D eigenvalue weighted by atomic mass is 10.1. The van der Waals surface area contributed by atoms with Crippen LogP contribution in [0.4, 0.5) is 9.18 Å². The number of nitrogens with zero attached hydrogens (tertiary/aromatic N) is 2. The van der Waals surface area contributed by atoms with Gasteiger partial charge >= 0.3 is 6.09 Å². The Morgan fingerprint density at radius 1 is 1.50 bits per heavy atom. The van der Waals surface area contributed by atoms with Crippen molar-refractivity contribution in [1.29, 1.82) is 0 Å². The number of carbonyl (C=O) groups excluding carboxylic acids is 1. The van der Waals surface area contributed by atoms with Gasteiger partial charge in [0.2, 0.25) is 0 Å². The molecule has 110 valence electrons. The average Bonchev–Trinajstić information content (AvgIpc) is 2.46. The molecule has 1 aliphatic rings. The van der Waals surface area contributed by atoms with E-state index >= 15 is 0 Å². The first kappa shape index (κ1) is 14.7. The molecule has 20 heavy (non-hydrogen) atoms. The zero-order chi connectivity index (χ0) is 14.4. The summed E-state index contributed by atoms with van der Waals surface area (Å²) in [6, 6.07) is 1.82. The van der Waals surface area contributed by atoms with Gasteiger partial charge in [-0.2, -0.15) is 0 Å². The summed E-state index contributed by atoms with van der Waals surface area (Å²) in [5.74, 6) is -0.318. The number of rotatable bonds is 4. The van der Waals surface area contributed by atoms with Gasteiger partial charge < -0.3 is 15.0 Å². The van der Waals surface area contributed by atoms with Crippen molar-refractivity contribution in [2.24, 2.45) is 0 Å². The summed E-state index contributed by atoms with van der Waals surface area (Å²) in [5, 5.41) is 3.37. The Morgan fingerprint density at radius 3 is 2.90 bits per heavy atom. The molecule has 2 rings (SSSR count). The third kappa shape index (κ3) is 4.16. The highest BCUT2D eigenvalue weighted by atomic mass is 19.1. The molecule has 0 aliphatic carbocycles. The highest BCUT2D eigenvalue weighted by Gasteiger charge is 2.23. The minimum absolute atomic E-state index is 0.236. The zero-order valence-corrected chi connectivity index (χ0v) is 11.6. The molecule has 0 spiro atoms. The second kappa shape index (κ2) is 7.19. The second-order valence-electron chi connectivity index (χ2n) is 4.85. The predicted molar refractivity (Wildman–Crippen MR) is 72.7 cm³/mol. The van der Waals surface area contributed by atoms with E-state index in [4.69, 9.17) is 4.74 Å². The van der Waals surface area contributed by atoms with Crippen LogP contribution in [0, 0.1) is 5.82 Å². The first-order valence-electron chi connectivity index (χ1n) is 6.93. The van der Waals surface area contributed by atoms with Crippen LogP contribution < -0.4 is 5.32 Å². The Labute approximate surface area is 118 Å². The number of likely N-dealkylation sites (tertiary alicyclic amines) is 1. The van der Waals surface area contributed by atoms with Crippen molar-refractivity contribution in [3.05, 3.63) is 29.8 Å². The first-order valence-corrected chi connectivity index (χ1v) is 6.93. The lowest BCUT2D eigenvalue weighted by molar-refractivity contribution is 0.0950. The smallest absolute Gasteiger partial charge is 0.409 e. The number of piperidine rings is 1. The minimum Gasteiger partial charge on any atom is -0.450 e. The number of carbonyl (C=O) groups is 1. The van der Waals surface area contributed by atoms with Gasteiger partial charge in [-0.1, -0.05) is 0 Å². The van der Waals surface area contributed by atoms with E-state index in [2.05, 4.69) is 10.3 Å². The molecule has 1 N–H and O–H groups in total. The molecule has 2 heterocycles. The van der Waals surface area contributed by atoms with Crippen molar-refractivity contribution >= 4 is 6.09 Å². The maximum atomic E-state index is 13.0. The summed E-state index contributed by atoms with van der Waals surface area (Å²) in [7, 11) is 0. The molecular weight excluding hydrogens is 261 g/mol. The number of pyridine rings is 1. The van der Waals surface area contributed by atoms with Crippen LogP contribution in [0.1, 0.15) is 25.3 Å². The third-order valence-electron chi connectivity index (χ3n) is 3.38. The van der Waals surface area contributed by atoms with E-state index < -0.39 is 0 Å². The highest BCUT2D eigenvalue weighted by Crippen LogP contribution is 2.12. The molecule has 1 aliphatic heterocycles. The molecule has 5 nitrogen and oxygen atoms in total. The number of nitrogens with one attached hydrogen (secondary N) is 1. The van der Waals surface area contributed by atoms with E-state index in [9.17, 15) is 9.18 Å². The van der Waals surface area contributed by atoms with Crippen molar-refractivity contribution in [2.45, 2.75) is 32.4 Å². The molecule has 1 amide bonds. The summed E-state index contributed by atoms with van der Waals surface area (Å²) < 4.78 is 18.0. The van der Waals surface area contributed by atoms with E-state index in [-0.39, 0.29) is 11.9 Å². The number of halogens is 1. The number of aromatic nitrogens is 1. The Bertz CT molecular complexity index is 448. The Hall–Kier alpha value is -1.69. The standard InChI is InChI=1S/C14H20FN3O2/c1-2-20-14(19)18-5-3-13(4-6-18)17-9-11-7-12(15)10-16-8-11/h7-8,10,13,17H,2-6,9H2,1H3. The fourth-order valence-electron chi connectivity index (χ4n) is 2.30. The average molecular weight is 281 g/mol. The molecule has 0 unspecified atom stereocenters. The number of ether oxygens (including phenoxy) is 1. The minimum atomic E-state index is -0.318. The van der Waals surface area contributed by atoms with Crippen LogP contribution >= 0.6 is 0 Å². The predicted octanol–water partition coefficient (Wildman–Crippen LogP) is 1.93. The van der Waals surface area contributed by atoms with Gasteiger partial charge in [-0.3, -0.25) is 4.98 Å². The normalized spacial score (nSPS) is 16.2. The van der Waals surface area contributed by atoms with Gasteiger partial charge in [-0.15, -0.1) is 0 Å². The lowest BCUT2D eigenvalue weighted by Crippen LogP contribution is -2.44. The van der Waals surface area contributed by atoms with E-state index in [1.54, 1.807) is 18.0 Å². The van der Waals surface area contributed by atoms with Crippen molar-refractivity contribution in [1.82, 2.24) is 15.2 Å². The lowest BCUT2D eigenvalue weighted by Gasteiger charge is -2.31. The molecule has 1 aromatic rings. The molecule has 0 aromatic carbocycles. The number of hydrogen-bond acceptors (Lipinski definition) is 4. The summed E-state index contributed by atoms with van der Waals surface area (Å²) in [6.07, 6.45) is 4.37. The molecule has 0 saturated carbocycles. The van der Waals surface area contributed by atoms with Gasteiger partial charge in [-0.05, 0) is 31.4 Å². The van der Waals surface area contributed by atoms with E-state index in [0.29, 0.717) is 32.3 Å². The zero-order valence-electron chi connectivity index (χ0n) is 11.6. The van der Waals surface area contributed by atoms with Crippen LogP contribution in [0.3, 0.4) is 0 Å². The van der Waals surface area contributed by atoms with E-state index in [1.165, 1.54) is 12.3 Å². The van der Waals surface area contributed by atoms with Crippen LogP contribution in [0.15, 0.2) is 18.5 Å². The Kier molecular flexibility index (Phi) is 5.29.